The number of hydrogen-bond donors (Lipinski definition) is 1. The number of thiophene rings is 1. The van der Waals surface area contributed by atoms with Crippen molar-refractivity contribution in [1.29, 1.82) is 0 Å². The summed E-state index contributed by atoms with van der Waals surface area (Å²) in [6, 6.07) is 0. The van der Waals surface area contributed by atoms with Crippen molar-refractivity contribution in [2.24, 2.45) is 5.73 Å². The molecule has 1 aliphatic rings. The summed E-state index contributed by atoms with van der Waals surface area (Å²) in [6.45, 7) is 0. The van der Waals surface area contributed by atoms with E-state index < -0.39 is 0 Å². The Morgan fingerprint density at radius 1 is 1.14 bits per heavy atom. The molecule has 0 saturated carbocycles. The smallest absolute Gasteiger partial charge is 0.250 e. The molecule has 1 amide bonds. The van der Waals surface area contributed by atoms with Crippen molar-refractivity contribution in [1.82, 2.24) is 0 Å². The van der Waals surface area contributed by atoms with Crippen LogP contribution in [0.25, 0.3) is 12.2 Å². The number of hydrogen-bond acceptors (Lipinski definition) is 2. The first-order chi connectivity index (χ1) is 6.79. The van der Waals surface area contributed by atoms with Gasteiger partial charge in [0.25, 0.3) is 0 Å². The maximum Gasteiger partial charge on any atom is 0.250 e. The minimum Gasteiger partial charge on any atom is -0.366 e. The summed E-state index contributed by atoms with van der Waals surface area (Å²) in [5.41, 5.74) is 6.78. The number of nitrogens with two attached hydrogens (primary N) is 1. The van der Waals surface area contributed by atoms with Gasteiger partial charge in [-0.2, -0.15) is 0 Å². The highest BCUT2D eigenvalue weighted by molar-refractivity contribution is 7.11. The zero-order chi connectivity index (χ0) is 9.97. The van der Waals surface area contributed by atoms with E-state index in [1.807, 2.05) is 36.5 Å². The second-order valence-corrected chi connectivity index (χ2v) is 3.81. The van der Waals surface area contributed by atoms with Gasteiger partial charge in [-0.15, -0.1) is 11.3 Å². The second-order valence-electron chi connectivity index (χ2n) is 2.89. The fraction of sp³-hybridized carbons (Fsp3) is 0. The molecule has 3 heteroatoms. The van der Waals surface area contributed by atoms with Gasteiger partial charge in [0.1, 0.15) is 0 Å². The molecule has 2 nitrogen and oxygen atoms in total. The summed E-state index contributed by atoms with van der Waals surface area (Å²) in [6.07, 6.45) is 11.6. The lowest BCUT2D eigenvalue weighted by Gasteiger charge is -1.97. The molecule has 0 unspecified atom stereocenters. The zero-order valence-corrected chi connectivity index (χ0v) is 8.25. The Morgan fingerprint density at radius 3 is 2.57 bits per heavy atom. The van der Waals surface area contributed by atoms with Crippen molar-refractivity contribution in [2.45, 2.75) is 0 Å². The topological polar surface area (TPSA) is 43.1 Å². The Bertz CT molecular complexity index is 452. The van der Waals surface area contributed by atoms with E-state index in [-0.39, 0.29) is 5.91 Å². The quantitative estimate of drug-likeness (QED) is 0.748. The van der Waals surface area contributed by atoms with E-state index in [9.17, 15) is 4.79 Å². The van der Waals surface area contributed by atoms with E-state index in [2.05, 4.69) is 0 Å². The number of primary amides is 1. The Hall–Kier alpha value is -1.61. The summed E-state index contributed by atoms with van der Waals surface area (Å²) >= 11 is 1.53. The lowest BCUT2D eigenvalue weighted by atomic mass is 10.1. The average Bonchev–Trinajstić information content (AvgIpc) is 2.47. The highest BCUT2D eigenvalue weighted by atomic mass is 32.1. The molecule has 0 bridgehead atoms. The molecule has 1 aromatic heterocycles. The van der Waals surface area contributed by atoms with Crippen molar-refractivity contribution in [3.8, 4) is 0 Å². The molecule has 1 heterocycles. The van der Waals surface area contributed by atoms with Gasteiger partial charge < -0.3 is 5.73 Å². The van der Waals surface area contributed by atoms with E-state index >= 15 is 0 Å². The Kier molecular flexibility index (Phi) is 2.33. The summed E-state index contributed by atoms with van der Waals surface area (Å²) in [4.78, 5) is 12.2. The molecule has 0 spiro atoms. The number of allylic oxidation sites excluding steroid dienone is 4. The standard InChI is InChI=1S/C11H9NOS/c12-11(13)9-7-14-10-6-4-2-1-3-5-8(9)10/h1-7H,(H2,12,13). The van der Waals surface area contributed by atoms with Gasteiger partial charge in [-0.1, -0.05) is 30.4 Å². The van der Waals surface area contributed by atoms with E-state index in [1.54, 1.807) is 5.38 Å². The van der Waals surface area contributed by atoms with Crippen molar-refractivity contribution < 1.29 is 4.79 Å². The molecule has 0 atom stereocenters. The van der Waals surface area contributed by atoms with Gasteiger partial charge >= 0.3 is 0 Å². The largest absolute Gasteiger partial charge is 0.366 e. The normalized spacial score (nSPS) is 13.4. The van der Waals surface area contributed by atoms with Crippen molar-refractivity contribution >= 4 is 29.4 Å². The first kappa shape index (κ1) is 8.97. The Balaban J connectivity index is 2.57. The van der Waals surface area contributed by atoms with Gasteiger partial charge in [0.15, 0.2) is 0 Å². The maximum absolute atomic E-state index is 11.1. The van der Waals surface area contributed by atoms with Gasteiger partial charge in [-0.3, -0.25) is 4.79 Å². The van der Waals surface area contributed by atoms with E-state index in [0.717, 1.165) is 10.4 Å². The molecule has 1 aromatic rings. The van der Waals surface area contributed by atoms with Crippen LogP contribution in [0.1, 0.15) is 20.8 Å². The van der Waals surface area contributed by atoms with Crippen LogP contribution in [0, 0.1) is 0 Å². The van der Waals surface area contributed by atoms with E-state index in [0.29, 0.717) is 5.56 Å². The van der Waals surface area contributed by atoms with Gasteiger partial charge in [-0.05, 0) is 6.08 Å². The predicted molar refractivity (Wildman–Crippen MR) is 60.0 cm³/mol. The highest BCUT2D eigenvalue weighted by Crippen LogP contribution is 2.26. The summed E-state index contributed by atoms with van der Waals surface area (Å²) in [7, 11) is 0. The second kappa shape index (κ2) is 3.64. The molecule has 0 aliphatic heterocycles. The molecule has 2 rings (SSSR count). The first-order valence-electron chi connectivity index (χ1n) is 4.22. The number of fused-ring (bicyclic) bond motifs is 1. The third-order valence-electron chi connectivity index (χ3n) is 1.97. The van der Waals surface area contributed by atoms with Crippen molar-refractivity contribution in [2.75, 3.05) is 0 Å². The number of amides is 1. The summed E-state index contributed by atoms with van der Waals surface area (Å²) < 4.78 is 0. The van der Waals surface area contributed by atoms with Crippen LogP contribution < -0.4 is 5.73 Å². The lowest BCUT2D eigenvalue weighted by molar-refractivity contribution is 0.100. The van der Waals surface area contributed by atoms with Crippen LogP contribution in [0.2, 0.25) is 0 Å². The Labute approximate surface area is 86.1 Å². The lowest BCUT2D eigenvalue weighted by Crippen LogP contribution is -2.11. The molecule has 2 N–H and O–H groups in total. The van der Waals surface area contributed by atoms with Crippen LogP contribution in [0.5, 0.6) is 0 Å². The Morgan fingerprint density at radius 2 is 1.86 bits per heavy atom. The average molecular weight is 203 g/mol. The molecular weight excluding hydrogens is 194 g/mol. The van der Waals surface area contributed by atoms with E-state index in [1.165, 1.54) is 11.3 Å². The number of carbonyl (C=O) groups is 1. The summed E-state index contributed by atoms with van der Waals surface area (Å²) in [5, 5.41) is 1.80. The summed E-state index contributed by atoms with van der Waals surface area (Å²) in [5.74, 6) is -0.370. The third-order valence-corrected chi connectivity index (χ3v) is 2.93. The van der Waals surface area contributed by atoms with Gasteiger partial charge in [0.2, 0.25) is 5.91 Å². The fourth-order valence-electron chi connectivity index (χ4n) is 1.30. The van der Waals surface area contributed by atoms with Crippen LogP contribution in [0.15, 0.2) is 29.7 Å². The fourth-order valence-corrected chi connectivity index (χ4v) is 2.25. The van der Waals surface area contributed by atoms with Gasteiger partial charge in [-0.25, -0.2) is 0 Å². The molecular formula is C11H9NOS. The molecule has 14 heavy (non-hydrogen) atoms. The first-order valence-corrected chi connectivity index (χ1v) is 5.09. The predicted octanol–water partition coefficient (Wildman–Crippen LogP) is 2.44. The van der Waals surface area contributed by atoms with Crippen molar-refractivity contribution in [3.63, 3.8) is 0 Å². The third kappa shape index (κ3) is 1.54. The van der Waals surface area contributed by atoms with Gasteiger partial charge in [0.05, 0.1) is 5.56 Å². The molecule has 0 fully saturated rings. The van der Waals surface area contributed by atoms with Gasteiger partial charge in [0, 0.05) is 15.8 Å². The van der Waals surface area contributed by atoms with Crippen LogP contribution in [0.4, 0.5) is 0 Å². The van der Waals surface area contributed by atoms with Crippen LogP contribution in [-0.2, 0) is 0 Å². The number of rotatable bonds is 1. The monoisotopic (exact) mass is 203 g/mol. The van der Waals surface area contributed by atoms with Crippen LogP contribution >= 0.6 is 11.3 Å². The molecule has 1 aliphatic carbocycles. The molecule has 0 saturated heterocycles. The van der Waals surface area contributed by atoms with Crippen LogP contribution in [0.3, 0.4) is 0 Å². The number of carbonyl (C=O) groups excluding carboxylic acids is 1. The zero-order valence-electron chi connectivity index (χ0n) is 7.44. The SMILES string of the molecule is NC(=O)c1csc2c1C=CC=CC=C2. The molecule has 0 aromatic carbocycles. The van der Waals surface area contributed by atoms with E-state index in [4.69, 9.17) is 5.73 Å². The maximum atomic E-state index is 11.1. The van der Waals surface area contributed by atoms with Crippen molar-refractivity contribution in [3.05, 3.63) is 45.7 Å². The highest BCUT2D eigenvalue weighted by Gasteiger charge is 2.11. The minimum atomic E-state index is -0.370. The molecule has 0 radical (unpaired) electrons. The minimum absolute atomic E-state index is 0.370. The van der Waals surface area contributed by atoms with Crippen LogP contribution in [-0.4, -0.2) is 5.91 Å². The molecule has 70 valence electrons.